The highest BCUT2D eigenvalue weighted by Crippen LogP contribution is 2.52. The van der Waals surface area contributed by atoms with Crippen LogP contribution in [0.1, 0.15) is 26.0 Å². The Hall–Kier alpha value is -1.27. The third-order valence-corrected chi connectivity index (χ3v) is 4.74. The highest BCUT2D eigenvalue weighted by atomic mass is 19.3. The number of hydrogen-bond acceptors (Lipinski definition) is 4. The summed E-state index contributed by atoms with van der Waals surface area (Å²) >= 11 is 0. The Morgan fingerprint density at radius 3 is 3.05 bits per heavy atom. The van der Waals surface area contributed by atoms with Gasteiger partial charge in [-0.1, -0.05) is 19.9 Å². The molecule has 22 heavy (non-hydrogen) atoms. The second-order valence-electron chi connectivity index (χ2n) is 6.59. The maximum atomic E-state index is 12.2. The first-order chi connectivity index (χ1) is 10.5. The van der Waals surface area contributed by atoms with Crippen molar-refractivity contribution in [3.63, 3.8) is 0 Å². The van der Waals surface area contributed by atoms with E-state index in [1.165, 1.54) is 0 Å². The molecule has 1 aromatic rings. The summed E-state index contributed by atoms with van der Waals surface area (Å²) in [5.74, 6) is 0.808. The first kappa shape index (κ1) is 15.6. The third kappa shape index (κ3) is 2.94. The molecule has 1 aliphatic heterocycles. The quantitative estimate of drug-likeness (QED) is 0.877. The van der Waals surface area contributed by atoms with Crippen molar-refractivity contribution in [3.8, 4) is 5.88 Å². The maximum absolute atomic E-state index is 12.2. The van der Waals surface area contributed by atoms with Gasteiger partial charge in [-0.3, -0.25) is 0 Å². The van der Waals surface area contributed by atoms with Gasteiger partial charge in [0.1, 0.15) is 0 Å². The van der Waals surface area contributed by atoms with Gasteiger partial charge in [0.15, 0.2) is 6.61 Å². The minimum Gasteiger partial charge on any atom is -0.472 e. The zero-order valence-corrected chi connectivity index (χ0v) is 12.9. The van der Waals surface area contributed by atoms with E-state index in [4.69, 9.17) is 9.47 Å². The topological polar surface area (TPSA) is 43.4 Å². The molecule has 0 unspecified atom stereocenters. The fraction of sp³-hybridized carbons (Fsp3) is 0.688. The van der Waals surface area contributed by atoms with Gasteiger partial charge in [-0.05, 0) is 12.5 Å². The van der Waals surface area contributed by atoms with Gasteiger partial charge in [0.2, 0.25) is 5.88 Å². The number of pyridine rings is 1. The number of rotatable bonds is 6. The molecule has 2 aliphatic rings. The number of aromatic nitrogens is 1. The van der Waals surface area contributed by atoms with Crippen molar-refractivity contribution >= 4 is 0 Å². The normalized spacial score (nSPS) is 29.2. The number of alkyl halides is 2. The van der Waals surface area contributed by atoms with Crippen LogP contribution in [-0.4, -0.2) is 36.8 Å². The van der Waals surface area contributed by atoms with Crippen LogP contribution in [0.15, 0.2) is 18.2 Å². The van der Waals surface area contributed by atoms with E-state index in [0.717, 1.165) is 18.7 Å². The molecule has 4 nitrogen and oxygen atoms in total. The summed E-state index contributed by atoms with van der Waals surface area (Å²) in [5.41, 5.74) is 0.912. The van der Waals surface area contributed by atoms with Crippen LogP contribution in [0.5, 0.6) is 5.88 Å². The molecular formula is C16H22F2N2O2. The van der Waals surface area contributed by atoms with Crippen molar-refractivity contribution in [2.45, 2.75) is 45.4 Å². The molecule has 1 aromatic heterocycles. The van der Waals surface area contributed by atoms with Crippen molar-refractivity contribution in [1.82, 2.24) is 10.3 Å². The predicted octanol–water partition coefficient (Wildman–Crippen LogP) is 2.63. The van der Waals surface area contributed by atoms with Crippen LogP contribution >= 0.6 is 0 Å². The molecule has 0 amide bonds. The van der Waals surface area contributed by atoms with E-state index in [1.54, 1.807) is 12.1 Å². The maximum Gasteiger partial charge on any atom is 0.272 e. The van der Waals surface area contributed by atoms with E-state index in [0.29, 0.717) is 24.6 Å². The smallest absolute Gasteiger partial charge is 0.272 e. The molecule has 3 rings (SSSR count). The molecule has 6 heteroatoms. The van der Waals surface area contributed by atoms with Crippen molar-refractivity contribution < 1.29 is 18.3 Å². The number of ether oxygens (including phenoxy) is 2. The average Bonchev–Trinajstić information content (AvgIpc) is 2.92. The first-order valence-corrected chi connectivity index (χ1v) is 7.70. The van der Waals surface area contributed by atoms with Gasteiger partial charge in [0, 0.05) is 36.6 Å². The molecule has 1 N–H and O–H groups in total. The van der Waals surface area contributed by atoms with E-state index < -0.39 is 13.0 Å². The minimum absolute atomic E-state index is 0.116. The molecule has 1 aliphatic carbocycles. The zero-order valence-electron chi connectivity index (χ0n) is 12.9. The molecule has 0 radical (unpaired) electrons. The van der Waals surface area contributed by atoms with Crippen LogP contribution in [0.25, 0.3) is 0 Å². The Morgan fingerprint density at radius 2 is 2.27 bits per heavy atom. The van der Waals surface area contributed by atoms with Crippen molar-refractivity contribution in [3.05, 3.63) is 23.9 Å². The van der Waals surface area contributed by atoms with E-state index in [9.17, 15) is 8.78 Å². The molecule has 1 saturated heterocycles. The SMILES string of the molecule is CC1(C)[C@H](NCc2cccc(OCC(F)F)n2)[C@H]2CCO[C@@H]21. The molecular weight excluding hydrogens is 290 g/mol. The van der Waals surface area contributed by atoms with Crippen LogP contribution in [0.2, 0.25) is 0 Å². The van der Waals surface area contributed by atoms with Crippen molar-refractivity contribution in [1.29, 1.82) is 0 Å². The third-order valence-electron chi connectivity index (χ3n) is 4.74. The Labute approximate surface area is 129 Å². The van der Waals surface area contributed by atoms with Crippen molar-refractivity contribution in [2.24, 2.45) is 11.3 Å². The summed E-state index contributed by atoms with van der Waals surface area (Å²) in [5, 5.41) is 3.54. The largest absolute Gasteiger partial charge is 0.472 e. The number of nitrogens with zero attached hydrogens (tertiary/aromatic N) is 1. The monoisotopic (exact) mass is 312 g/mol. The lowest BCUT2D eigenvalue weighted by Gasteiger charge is -2.54. The van der Waals surface area contributed by atoms with Gasteiger partial charge in [-0.2, -0.15) is 0 Å². The van der Waals surface area contributed by atoms with E-state index >= 15 is 0 Å². The van der Waals surface area contributed by atoms with Gasteiger partial charge in [0.05, 0.1) is 11.8 Å². The summed E-state index contributed by atoms with van der Waals surface area (Å²) in [4.78, 5) is 4.26. The van der Waals surface area contributed by atoms with Crippen LogP contribution in [0.3, 0.4) is 0 Å². The second-order valence-corrected chi connectivity index (χ2v) is 6.59. The number of nitrogens with one attached hydrogen (secondary N) is 1. The lowest BCUT2D eigenvalue weighted by atomic mass is 9.57. The Balaban J connectivity index is 1.56. The highest BCUT2D eigenvalue weighted by molar-refractivity contribution is 5.17. The van der Waals surface area contributed by atoms with Gasteiger partial charge in [-0.25, -0.2) is 13.8 Å². The summed E-state index contributed by atoms with van der Waals surface area (Å²) in [7, 11) is 0. The van der Waals surface area contributed by atoms with E-state index in [2.05, 4.69) is 24.1 Å². The van der Waals surface area contributed by atoms with Crippen LogP contribution in [-0.2, 0) is 11.3 Å². The summed E-state index contributed by atoms with van der Waals surface area (Å²) in [6, 6.07) is 5.64. The highest BCUT2D eigenvalue weighted by Gasteiger charge is 2.58. The fourth-order valence-electron chi connectivity index (χ4n) is 3.74. The summed E-state index contributed by atoms with van der Waals surface area (Å²) in [6.07, 6.45) is -1.05. The Morgan fingerprint density at radius 1 is 1.45 bits per heavy atom. The predicted molar refractivity (Wildman–Crippen MR) is 78.0 cm³/mol. The molecule has 0 aromatic carbocycles. The molecule has 0 bridgehead atoms. The van der Waals surface area contributed by atoms with Crippen LogP contribution < -0.4 is 10.1 Å². The van der Waals surface area contributed by atoms with E-state index in [-0.39, 0.29) is 11.3 Å². The second kappa shape index (κ2) is 6.08. The lowest BCUT2D eigenvalue weighted by molar-refractivity contribution is -0.113. The number of fused-ring (bicyclic) bond motifs is 1. The van der Waals surface area contributed by atoms with Crippen molar-refractivity contribution in [2.75, 3.05) is 13.2 Å². The molecule has 1 saturated carbocycles. The van der Waals surface area contributed by atoms with Gasteiger partial charge in [-0.15, -0.1) is 0 Å². The minimum atomic E-state index is -2.49. The summed E-state index contributed by atoms with van der Waals surface area (Å²) < 4.78 is 35.1. The summed E-state index contributed by atoms with van der Waals surface area (Å²) in [6.45, 7) is 5.25. The van der Waals surface area contributed by atoms with Crippen LogP contribution in [0, 0.1) is 11.3 Å². The fourth-order valence-corrected chi connectivity index (χ4v) is 3.74. The molecule has 0 spiro atoms. The molecule has 2 heterocycles. The number of hydrogen-bond donors (Lipinski definition) is 1. The Bertz CT molecular complexity index is 525. The number of halogens is 2. The van der Waals surface area contributed by atoms with E-state index in [1.807, 2.05) is 6.07 Å². The lowest BCUT2D eigenvalue weighted by Crippen LogP contribution is -2.65. The molecule has 122 valence electrons. The van der Waals surface area contributed by atoms with Gasteiger partial charge < -0.3 is 14.8 Å². The average molecular weight is 312 g/mol. The molecule has 3 atom stereocenters. The zero-order chi connectivity index (χ0) is 15.7. The van der Waals surface area contributed by atoms with Crippen LogP contribution in [0.4, 0.5) is 8.78 Å². The first-order valence-electron chi connectivity index (χ1n) is 7.70. The Kier molecular flexibility index (Phi) is 4.32. The molecule has 2 fully saturated rings. The van der Waals surface area contributed by atoms with Gasteiger partial charge >= 0.3 is 0 Å². The van der Waals surface area contributed by atoms with Gasteiger partial charge in [0.25, 0.3) is 6.43 Å². The standard InChI is InChI=1S/C16H22F2N2O2/c1-16(2)14(11-6-7-21-15(11)16)19-8-10-4-3-5-13(20-10)22-9-12(17)18/h3-5,11-12,14-15,19H,6-9H2,1-2H3/t11-,14-,15+/m1/s1.